The average Bonchev–Trinajstić information content (AvgIpc) is 2.39. The topological polar surface area (TPSA) is 67.8 Å². The normalized spacial score (nSPS) is 13.7. The number of ether oxygens (including phenoxy) is 1. The Morgan fingerprint density at radius 2 is 1.48 bits per heavy atom. The molecule has 0 aromatic heterocycles. The molecule has 0 saturated carbocycles. The zero-order chi connectivity index (χ0) is 18.5. The van der Waals surface area contributed by atoms with Gasteiger partial charge in [0.15, 0.2) is 0 Å². The summed E-state index contributed by atoms with van der Waals surface area (Å²) < 4.78 is 5.44. The molecule has 0 aliphatic heterocycles. The number of hydrogen-bond donors (Lipinski definition) is 1. The van der Waals surface area contributed by atoms with E-state index in [1.165, 1.54) is 0 Å². The van der Waals surface area contributed by atoms with Crippen LogP contribution in [0.15, 0.2) is 4.99 Å². The summed E-state index contributed by atoms with van der Waals surface area (Å²) in [5.74, 6) is -0.236. The number of rotatable bonds is 5. The highest BCUT2D eigenvalue weighted by atomic mass is 16.5. The molecule has 0 spiro atoms. The van der Waals surface area contributed by atoms with Gasteiger partial charge in [0.2, 0.25) is 0 Å². The van der Waals surface area contributed by atoms with Gasteiger partial charge in [-0.3, -0.25) is 4.79 Å². The number of aliphatic imine (C=N–C) groups is 1. The Morgan fingerprint density at radius 1 is 1.00 bits per heavy atom. The third-order valence-corrected chi connectivity index (χ3v) is 4.82. The second-order valence-electron chi connectivity index (χ2n) is 8.19. The summed E-state index contributed by atoms with van der Waals surface area (Å²) in [6.07, 6.45) is 0.734. The van der Waals surface area contributed by atoms with Crippen LogP contribution in [-0.4, -0.2) is 30.9 Å². The first-order valence-corrected chi connectivity index (χ1v) is 8.26. The summed E-state index contributed by atoms with van der Waals surface area (Å²) in [5.41, 5.74) is -0.351. The molecule has 23 heavy (non-hydrogen) atoms. The van der Waals surface area contributed by atoms with Gasteiger partial charge in [0.05, 0.1) is 12.0 Å². The summed E-state index contributed by atoms with van der Waals surface area (Å²) in [6, 6.07) is -0.394. The zero-order valence-electron chi connectivity index (χ0n) is 16.3. The Labute approximate surface area is 141 Å². The van der Waals surface area contributed by atoms with Gasteiger partial charge in [-0.25, -0.2) is 9.79 Å². The molecule has 0 saturated heterocycles. The second-order valence-corrected chi connectivity index (χ2v) is 8.19. The molecule has 0 atom stereocenters. The largest absolute Gasteiger partial charge is 0.463 e. The number of amides is 2. The molecular formula is C18H34N2O3. The minimum Gasteiger partial charge on any atom is -0.463 e. The van der Waals surface area contributed by atoms with E-state index in [0.29, 0.717) is 0 Å². The second kappa shape index (κ2) is 7.93. The van der Waals surface area contributed by atoms with Crippen LogP contribution in [0, 0.1) is 16.2 Å². The summed E-state index contributed by atoms with van der Waals surface area (Å²) in [4.78, 5) is 28.1. The number of carbonyl (C=O) groups is 2. The van der Waals surface area contributed by atoms with Crippen molar-refractivity contribution in [2.75, 3.05) is 13.2 Å². The molecule has 2 amide bonds. The molecule has 5 nitrogen and oxygen atoms in total. The molecule has 0 unspecified atom stereocenters. The molecule has 0 aliphatic rings. The van der Waals surface area contributed by atoms with E-state index in [0.717, 1.165) is 12.1 Å². The Bertz CT molecular complexity index is 440. The quantitative estimate of drug-likeness (QED) is 0.467. The lowest BCUT2D eigenvalue weighted by molar-refractivity contribution is -0.172. The SMILES string of the molecule is CC/C(C)=N\C(=O)NCCOC(=O)C(C)(C(C)(C)C)C(C)(C)C. The van der Waals surface area contributed by atoms with E-state index in [1.807, 2.05) is 55.4 Å². The van der Waals surface area contributed by atoms with E-state index in [9.17, 15) is 9.59 Å². The Hall–Kier alpha value is -1.39. The van der Waals surface area contributed by atoms with Gasteiger partial charge in [0.1, 0.15) is 6.61 Å². The number of nitrogens with zero attached hydrogens (tertiary/aromatic N) is 1. The van der Waals surface area contributed by atoms with Crippen LogP contribution in [-0.2, 0) is 9.53 Å². The fourth-order valence-corrected chi connectivity index (χ4v) is 2.48. The van der Waals surface area contributed by atoms with Gasteiger partial charge < -0.3 is 10.1 Å². The first kappa shape index (κ1) is 21.6. The lowest BCUT2D eigenvalue weighted by atomic mass is 9.55. The van der Waals surface area contributed by atoms with E-state index in [1.54, 1.807) is 6.92 Å². The maximum absolute atomic E-state index is 12.7. The van der Waals surface area contributed by atoms with Gasteiger partial charge in [0, 0.05) is 5.71 Å². The standard InChI is InChI=1S/C18H34N2O3/c1-10-13(2)20-15(22)19-11-12-23-14(21)18(9,16(3,4)5)17(6,7)8/h10-12H2,1-9H3,(H,19,22)/b20-13-. The molecule has 0 aromatic rings. The van der Waals surface area contributed by atoms with Crippen LogP contribution in [0.5, 0.6) is 0 Å². The summed E-state index contributed by atoms with van der Waals surface area (Å²) in [5, 5.41) is 2.63. The fourth-order valence-electron chi connectivity index (χ4n) is 2.48. The maximum atomic E-state index is 12.7. The first-order chi connectivity index (χ1) is 10.3. The molecule has 0 aromatic carbocycles. The monoisotopic (exact) mass is 326 g/mol. The third-order valence-electron chi connectivity index (χ3n) is 4.82. The molecule has 0 radical (unpaired) electrons. The minimum absolute atomic E-state index is 0.146. The molecule has 5 heteroatoms. The van der Waals surface area contributed by atoms with Crippen LogP contribution in [0.3, 0.4) is 0 Å². The van der Waals surface area contributed by atoms with Crippen molar-refractivity contribution >= 4 is 17.7 Å². The van der Waals surface area contributed by atoms with Crippen LogP contribution < -0.4 is 5.32 Å². The van der Waals surface area contributed by atoms with Gasteiger partial charge >= 0.3 is 12.0 Å². The summed E-state index contributed by atoms with van der Waals surface area (Å²) in [6.45, 7) is 18.4. The van der Waals surface area contributed by atoms with Crippen molar-refractivity contribution in [1.82, 2.24) is 5.32 Å². The third kappa shape index (κ3) is 5.63. The van der Waals surface area contributed by atoms with Crippen molar-refractivity contribution in [2.45, 2.75) is 68.7 Å². The van der Waals surface area contributed by atoms with Gasteiger partial charge in [0.25, 0.3) is 0 Å². The Balaban J connectivity index is 4.68. The van der Waals surface area contributed by atoms with Crippen molar-refractivity contribution in [3.8, 4) is 0 Å². The Morgan fingerprint density at radius 3 is 1.87 bits per heavy atom. The Kier molecular flexibility index (Phi) is 7.45. The molecular weight excluding hydrogens is 292 g/mol. The smallest absolute Gasteiger partial charge is 0.340 e. The van der Waals surface area contributed by atoms with Crippen molar-refractivity contribution in [2.24, 2.45) is 21.2 Å². The highest BCUT2D eigenvalue weighted by Gasteiger charge is 2.53. The van der Waals surface area contributed by atoms with E-state index in [2.05, 4.69) is 10.3 Å². The van der Waals surface area contributed by atoms with Gasteiger partial charge in [-0.2, -0.15) is 0 Å². The molecule has 134 valence electrons. The highest BCUT2D eigenvalue weighted by molar-refractivity contribution is 5.93. The van der Waals surface area contributed by atoms with E-state index >= 15 is 0 Å². The van der Waals surface area contributed by atoms with Crippen LogP contribution in [0.25, 0.3) is 0 Å². The highest BCUT2D eigenvalue weighted by Crippen LogP contribution is 2.51. The van der Waals surface area contributed by atoms with Crippen molar-refractivity contribution in [1.29, 1.82) is 0 Å². The average molecular weight is 326 g/mol. The predicted molar refractivity (Wildman–Crippen MR) is 94.8 cm³/mol. The lowest BCUT2D eigenvalue weighted by Crippen LogP contribution is -2.51. The van der Waals surface area contributed by atoms with E-state index < -0.39 is 11.4 Å². The first-order valence-electron chi connectivity index (χ1n) is 8.26. The number of carbonyl (C=O) groups excluding carboxylic acids is 2. The van der Waals surface area contributed by atoms with Crippen molar-refractivity contribution < 1.29 is 14.3 Å². The lowest BCUT2D eigenvalue weighted by Gasteiger charge is -2.48. The molecule has 0 aliphatic carbocycles. The van der Waals surface area contributed by atoms with Crippen LogP contribution in [0.2, 0.25) is 0 Å². The number of esters is 1. The molecule has 0 fully saturated rings. The van der Waals surface area contributed by atoms with Crippen LogP contribution in [0.1, 0.15) is 68.7 Å². The van der Waals surface area contributed by atoms with Crippen molar-refractivity contribution in [3.63, 3.8) is 0 Å². The van der Waals surface area contributed by atoms with Crippen LogP contribution >= 0.6 is 0 Å². The number of urea groups is 1. The summed E-state index contributed by atoms with van der Waals surface area (Å²) >= 11 is 0. The molecule has 0 rings (SSSR count). The number of nitrogens with one attached hydrogen (secondary N) is 1. The maximum Gasteiger partial charge on any atom is 0.340 e. The van der Waals surface area contributed by atoms with Crippen LogP contribution in [0.4, 0.5) is 4.79 Å². The predicted octanol–water partition coefficient (Wildman–Crippen LogP) is 4.21. The van der Waals surface area contributed by atoms with Gasteiger partial charge in [-0.05, 0) is 31.1 Å². The number of hydrogen-bond acceptors (Lipinski definition) is 3. The van der Waals surface area contributed by atoms with Gasteiger partial charge in [-0.1, -0.05) is 48.5 Å². The van der Waals surface area contributed by atoms with Crippen molar-refractivity contribution in [3.05, 3.63) is 0 Å². The zero-order valence-corrected chi connectivity index (χ0v) is 16.3. The minimum atomic E-state index is -0.638. The summed E-state index contributed by atoms with van der Waals surface area (Å²) in [7, 11) is 0. The molecule has 1 N–H and O–H groups in total. The van der Waals surface area contributed by atoms with E-state index in [4.69, 9.17) is 4.74 Å². The molecule has 0 heterocycles. The van der Waals surface area contributed by atoms with Gasteiger partial charge in [-0.15, -0.1) is 0 Å². The molecule has 0 bridgehead atoms. The fraction of sp³-hybridized carbons (Fsp3) is 0.833. The van der Waals surface area contributed by atoms with E-state index in [-0.39, 0.29) is 30.0 Å².